The molecule has 16 nitrogen and oxygen atoms in total. The predicted octanol–water partition coefficient (Wildman–Crippen LogP) is 8.62. The van der Waals surface area contributed by atoms with Crippen LogP contribution in [0.3, 0.4) is 0 Å². The largest absolute Gasteiger partial charge is 0.490 e. The van der Waals surface area contributed by atoms with E-state index >= 15 is 0 Å². The van der Waals surface area contributed by atoms with Crippen LogP contribution < -0.4 is 19.3 Å². The van der Waals surface area contributed by atoms with Crippen molar-refractivity contribution in [3.63, 3.8) is 0 Å². The van der Waals surface area contributed by atoms with Gasteiger partial charge in [0.25, 0.3) is 0 Å². The topological polar surface area (TPSA) is 215 Å². The highest BCUT2D eigenvalue weighted by Gasteiger charge is 2.48. The molecule has 4 aromatic carbocycles. The molecule has 0 saturated carbocycles. The van der Waals surface area contributed by atoms with Crippen molar-refractivity contribution in [3.8, 4) is 11.5 Å². The van der Waals surface area contributed by atoms with E-state index < -0.39 is 54.7 Å². The highest BCUT2D eigenvalue weighted by Crippen LogP contribution is 2.48. The van der Waals surface area contributed by atoms with E-state index in [1.807, 2.05) is 24.3 Å². The second kappa shape index (κ2) is 23.4. The number of halogens is 2. The number of anilines is 2. The zero-order valence-corrected chi connectivity index (χ0v) is 47.9. The van der Waals surface area contributed by atoms with E-state index in [0.717, 1.165) is 122 Å². The monoisotopic (exact) mass is 1150 g/mol. The fourth-order valence-electron chi connectivity index (χ4n) is 12.7. The van der Waals surface area contributed by atoms with Crippen molar-refractivity contribution in [3.05, 3.63) is 116 Å². The molecule has 4 heterocycles. The number of ether oxygens (including phenoxy) is 2. The van der Waals surface area contributed by atoms with Gasteiger partial charge in [0, 0.05) is 74.2 Å². The summed E-state index contributed by atoms with van der Waals surface area (Å²) in [6.07, 6.45) is 14.8. The molecular formula is C58H74Cl2N4O12S2. The molecule has 4 aliphatic heterocycles. The first-order valence-electron chi connectivity index (χ1n) is 27.5. The molecule has 4 atom stereocenters. The highest BCUT2D eigenvalue weighted by molar-refractivity contribution is 7.89. The van der Waals surface area contributed by atoms with Crippen LogP contribution >= 0.6 is 23.2 Å². The van der Waals surface area contributed by atoms with Gasteiger partial charge in [0.1, 0.15) is 23.0 Å². The smallest absolute Gasteiger partial charge is 0.341 e. The zero-order valence-electron chi connectivity index (χ0n) is 44.7. The van der Waals surface area contributed by atoms with Crippen molar-refractivity contribution in [2.75, 3.05) is 87.9 Å². The lowest BCUT2D eigenvalue weighted by Gasteiger charge is -2.41. The van der Waals surface area contributed by atoms with Crippen LogP contribution in [0.5, 0.6) is 11.5 Å². The molecule has 0 saturated heterocycles. The van der Waals surface area contributed by atoms with Crippen LogP contribution in [0, 0.1) is 0 Å². The molecule has 2 spiro atoms. The molecule has 4 N–H and O–H groups in total. The number of sulfonamides is 2. The fraction of sp³-hybridized carbons (Fsp3) is 0.552. The van der Waals surface area contributed by atoms with Gasteiger partial charge in [-0.3, -0.25) is 0 Å². The maximum Gasteiger partial charge on any atom is 0.341 e. The lowest BCUT2D eigenvalue weighted by molar-refractivity contribution is -0.157. The average Bonchev–Trinajstić information content (AvgIpc) is 3.68. The molecule has 424 valence electrons. The van der Waals surface area contributed by atoms with Crippen molar-refractivity contribution >= 4 is 66.6 Å². The first kappa shape index (κ1) is 58.0. The Morgan fingerprint density at radius 2 is 0.885 bits per heavy atom. The normalized spacial score (nSPS) is 27.9. The van der Waals surface area contributed by atoms with Gasteiger partial charge in [0.15, 0.2) is 0 Å². The Labute approximate surface area is 469 Å². The summed E-state index contributed by atoms with van der Waals surface area (Å²) in [5.41, 5.74) is 0.618. The van der Waals surface area contributed by atoms with E-state index in [0.29, 0.717) is 62.0 Å². The maximum absolute atomic E-state index is 13.1. The lowest BCUT2D eigenvalue weighted by Crippen LogP contribution is -2.46. The van der Waals surface area contributed by atoms with Gasteiger partial charge in [-0.25, -0.2) is 35.0 Å². The van der Waals surface area contributed by atoms with E-state index in [9.17, 15) is 46.9 Å². The SMILES string of the molecule is CN1CCCCCCCN2C[C@@]3(CCCc4cc(Cl)ccc43)COc3ccc(cc32)[C@@](O)(C(=O)O)CS1(=O)=O.CN1CCCCCCCN2C[C@@]3(CCCc4cc(Cl)ccc43)COc3ccc(cc32)[C@](O)(C(=O)O)CS1(=O)=O. The standard InChI is InChI=1S/2C29H37ClN2O6S/c2*1-31-14-5-3-2-4-6-15-32-18-28(13-7-8-21-16-23(30)10-11-24(21)28)19-38-26-12-9-22(17-25(26)32)29(35,27(33)34)20-39(31,36)37/h2*9-12,16-17,35H,2-8,13-15,18-20H2,1H3,(H,33,34)/t28-,29+;28-,29-/m00/s1. The molecular weight excluding hydrogens is 1080 g/mol. The van der Waals surface area contributed by atoms with Gasteiger partial charge in [0.2, 0.25) is 31.2 Å². The van der Waals surface area contributed by atoms with Crippen LogP contribution in [0.1, 0.15) is 123 Å². The van der Waals surface area contributed by atoms with Crippen molar-refractivity contribution < 1.29 is 56.3 Å². The third-order valence-electron chi connectivity index (χ3n) is 17.3. The summed E-state index contributed by atoms with van der Waals surface area (Å²) in [6.45, 7) is 4.33. The number of carbonyl (C=O) groups is 2. The molecule has 10 rings (SSSR count). The first-order valence-corrected chi connectivity index (χ1v) is 31.5. The molecule has 6 aliphatic rings. The minimum atomic E-state index is -4.04. The molecule has 78 heavy (non-hydrogen) atoms. The second-order valence-corrected chi connectivity index (χ2v) is 27.7. The Balaban J connectivity index is 0.000000190. The Morgan fingerprint density at radius 3 is 1.27 bits per heavy atom. The van der Waals surface area contributed by atoms with Gasteiger partial charge in [0.05, 0.1) is 24.6 Å². The van der Waals surface area contributed by atoms with Crippen LogP contribution in [-0.2, 0) is 64.5 Å². The minimum Gasteiger partial charge on any atom is -0.490 e. The molecule has 0 radical (unpaired) electrons. The second-order valence-electron chi connectivity index (χ2n) is 22.7. The van der Waals surface area contributed by atoms with Crippen LogP contribution in [0.25, 0.3) is 0 Å². The number of nitrogens with zero attached hydrogens (tertiary/aromatic N) is 4. The number of aliphatic hydroxyl groups is 2. The number of aliphatic carboxylic acids is 2. The van der Waals surface area contributed by atoms with Crippen LogP contribution in [0.2, 0.25) is 10.0 Å². The summed E-state index contributed by atoms with van der Waals surface area (Å²) in [4.78, 5) is 29.3. The van der Waals surface area contributed by atoms with Gasteiger partial charge in [-0.15, -0.1) is 0 Å². The molecule has 0 amide bonds. The summed E-state index contributed by atoms with van der Waals surface area (Å²) < 4.78 is 67.6. The van der Waals surface area contributed by atoms with Crippen LogP contribution in [0.4, 0.5) is 11.4 Å². The predicted molar refractivity (Wildman–Crippen MR) is 303 cm³/mol. The Hall–Kier alpha value is -4.66. The molecule has 4 aromatic rings. The zero-order chi connectivity index (χ0) is 55.7. The average molecular weight is 1150 g/mol. The van der Waals surface area contributed by atoms with Gasteiger partial charge in [-0.1, -0.05) is 86.0 Å². The summed E-state index contributed by atoms with van der Waals surface area (Å²) in [5.74, 6) is -3.87. The highest BCUT2D eigenvalue weighted by atomic mass is 35.5. The third-order valence-corrected chi connectivity index (χ3v) is 21.6. The quantitative estimate of drug-likeness (QED) is 0.148. The number of hydrogen-bond acceptors (Lipinski definition) is 12. The summed E-state index contributed by atoms with van der Waals surface area (Å²) in [7, 11) is -5.19. The van der Waals surface area contributed by atoms with Crippen molar-refractivity contribution in [1.82, 2.24) is 8.61 Å². The number of rotatable bonds is 2. The fourth-order valence-corrected chi connectivity index (χ4v) is 16.0. The molecule has 4 bridgehead atoms. The number of carboxylic acid groups (broad SMARTS) is 2. The van der Waals surface area contributed by atoms with E-state index in [2.05, 4.69) is 21.9 Å². The first-order chi connectivity index (χ1) is 37.1. The number of benzene rings is 4. The minimum absolute atomic E-state index is 0.0287. The van der Waals surface area contributed by atoms with Gasteiger partial charge >= 0.3 is 11.9 Å². The number of fused-ring (bicyclic) bond motifs is 6. The van der Waals surface area contributed by atoms with Crippen molar-refractivity contribution in [2.24, 2.45) is 0 Å². The maximum atomic E-state index is 13.1. The third kappa shape index (κ3) is 12.0. The Bertz CT molecular complexity index is 2910. The van der Waals surface area contributed by atoms with Gasteiger partial charge in [-0.2, -0.15) is 0 Å². The van der Waals surface area contributed by atoms with Crippen molar-refractivity contribution in [1.29, 1.82) is 0 Å². The van der Waals surface area contributed by atoms with Gasteiger partial charge in [-0.05, 0) is 146 Å². The Kier molecular flexibility index (Phi) is 17.4. The molecule has 0 aromatic heterocycles. The van der Waals surface area contributed by atoms with Crippen LogP contribution in [0.15, 0.2) is 72.8 Å². The number of aryl methyl sites for hydroxylation is 2. The van der Waals surface area contributed by atoms with E-state index in [-0.39, 0.29) is 35.0 Å². The molecule has 0 unspecified atom stereocenters. The van der Waals surface area contributed by atoms with E-state index in [1.54, 1.807) is 24.3 Å². The number of carboxylic acids is 2. The van der Waals surface area contributed by atoms with E-state index in [1.165, 1.54) is 48.5 Å². The molecule has 2 aliphatic carbocycles. The van der Waals surface area contributed by atoms with E-state index in [4.69, 9.17) is 32.7 Å². The molecule has 20 heteroatoms. The molecule has 0 fully saturated rings. The summed E-state index contributed by atoms with van der Waals surface area (Å²) in [5, 5.41) is 44.4. The van der Waals surface area contributed by atoms with Crippen LogP contribution in [-0.4, -0.2) is 136 Å². The summed E-state index contributed by atoms with van der Waals surface area (Å²) in [6, 6.07) is 21.7. The number of hydrogen-bond donors (Lipinski definition) is 4. The Morgan fingerprint density at radius 1 is 0.513 bits per heavy atom. The van der Waals surface area contributed by atoms with Gasteiger partial charge < -0.3 is 39.7 Å². The van der Waals surface area contributed by atoms with Crippen molar-refractivity contribution in [2.45, 2.75) is 125 Å². The summed E-state index contributed by atoms with van der Waals surface area (Å²) >= 11 is 12.7. The lowest BCUT2D eigenvalue weighted by atomic mass is 9.70.